The van der Waals surface area contributed by atoms with E-state index in [1.165, 1.54) is 24.1 Å². The van der Waals surface area contributed by atoms with E-state index in [9.17, 15) is 18.0 Å². The van der Waals surface area contributed by atoms with Crippen LogP contribution in [0.5, 0.6) is 11.5 Å². The molecular weight excluding hydrogens is 554 g/mol. The third-order valence-corrected chi connectivity index (χ3v) is 8.39. The second-order valence-electron chi connectivity index (χ2n) is 11.0. The molecule has 1 atom stereocenters. The SMILES string of the molecule is CC[C@@H](C(=O)NC(C)(C)C)N(Cc1cccc(OC)c1)C(=O)CN(c1ccccc1OC)S(=O)(=O)c1ccc(C)cc1. The van der Waals surface area contributed by atoms with E-state index in [2.05, 4.69) is 5.32 Å². The molecule has 0 aliphatic carbocycles. The Bertz CT molecular complexity index is 1480. The molecule has 0 heterocycles. The van der Waals surface area contributed by atoms with Gasteiger partial charge in [0.1, 0.15) is 24.1 Å². The summed E-state index contributed by atoms with van der Waals surface area (Å²) in [7, 11) is -1.22. The van der Waals surface area contributed by atoms with Crippen LogP contribution < -0.4 is 19.1 Å². The van der Waals surface area contributed by atoms with Crippen LogP contribution in [0, 0.1) is 6.92 Å². The zero-order valence-electron chi connectivity index (χ0n) is 25.4. The molecule has 0 aliphatic rings. The molecule has 226 valence electrons. The Labute approximate surface area is 249 Å². The lowest BCUT2D eigenvalue weighted by atomic mass is 10.1. The maximum absolute atomic E-state index is 14.3. The number of rotatable bonds is 12. The molecule has 0 saturated heterocycles. The number of anilines is 1. The van der Waals surface area contributed by atoms with Crippen molar-refractivity contribution in [3.63, 3.8) is 0 Å². The number of hydrogen-bond acceptors (Lipinski definition) is 6. The highest BCUT2D eigenvalue weighted by atomic mass is 32.2. The first-order chi connectivity index (χ1) is 19.8. The summed E-state index contributed by atoms with van der Waals surface area (Å²) in [6, 6.07) is 19.4. The summed E-state index contributed by atoms with van der Waals surface area (Å²) >= 11 is 0. The third kappa shape index (κ3) is 8.03. The number of amides is 2. The Balaban J connectivity index is 2.12. The Morgan fingerprint density at radius 3 is 2.19 bits per heavy atom. The van der Waals surface area contributed by atoms with Crippen molar-refractivity contribution in [2.24, 2.45) is 0 Å². The van der Waals surface area contributed by atoms with Crippen molar-refractivity contribution in [3.8, 4) is 11.5 Å². The van der Waals surface area contributed by atoms with Crippen molar-refractivity contribution in [1.29, 1.82) is 0 Å². The van der Waals surface area contributed by atoms with E-state index < -0.39 is 34.1 Å². The number of methoxy groups -OCH3 is 2. The van der Waals surface area contributed by atoms with Crippen molar-refractivity contribution in [3.05, 3.63) is 83.9 Å². The second-order valence-corrected chi connectivity index (χ2v) is 12.9. The lowest BCUT2D eigenvalue weighted by Crippen LogP contribution is -2.55. The molecule has 3 aromatic rings. The van der Waals surface area contributed by atoms with Crippen molar-refractivity contribution in [2.75, 3.05) is 25.1 Å². The summed E-state index contributed by atoms with van der Waals surface area (Å²) in [5.74, 6) is 0.0179. The maximum Gasteiger partial charge on any atom is 0.264 e. The van der Waals surface area contributed by atoms with E-state index in [-0.39, 0.29) is 28.8 Å². The highest BCUT2D eigenvalue weighted by molar-refractivity contribution is 7.92. The van der Waals surface area contributed by atoms with Crippen LogP contribution in [-0.4, -0.2) is 57.5 Å². The monoisotopic (exact) mass is 595 g/mol. The second kappa shape index (κ2) is 13.7. The first-order valence-electron chi connectivity index (χ1n) is 13.8. The van der Waals surface area contributed by atoms with E-state index in [1.807, 2.05) is 40.7 Å². The number of nitrogens with zero attached hydrogens (tertiary/aromatic N) is 2. The summed E-state index contributed by atoms with van der Waals surface area (Å²) in [6.07, 6.45) is 0.316. The van der Waals surface area contributed by atoms with Gasteiger partial charge >= 0.3 is 0 Å². The highest BCUT2D eigenvalue weighted by Gasteiger charge is 2.35. The van der Waals surface area contributed by atoms with Gasteiger partial charge in [0, 0.05) is 12.1 Å². The largest absolute Gasteiger partial charge is 0.497 e. The van der Waals surface area contributed by atoms with Crippen LogP contribution in [0.4, 0.5) is 5.69 Å². The Hall–Kier alpha value is -4.05. The van der Waals surface area contributed by atoms with Gasteiger partial charge in [0.2, 0.25) is 11.8 Å². The minimum absolute atomic E-state index is 0.0312. The standard InChI is InChI=1S/C32H41N3O6S/c1-8-27(31(37)33-32(3,4)5)34(21-24-12-11-13-25(20-24)40-6)30(36)22-35(28-14-9-10-15-29(28)41-7)42(38,39)26-18-16-23(2)17-19-26/h9-20,27H,8,21-22H2,1-7H3,(H,33,37)/t27-/m0/s1. The predicted octanol–water partition coefficient (Wildman–Crippen LogP) is 4.93. The van der Waals surface area contributed by atoms with Gasteiger partial charge in [0.25, 0.3) is 10.0 Å². The Kier molecular flexibility index (Phi) is 10.6. The molecule has 0 aliphatic heterocycles. The molecule has 2 amide bonds. The van der Waals surface area contributed by atoms with Crippen LogP contribution in [0.3, 0.4) is 0 Å². The minimum atomic E-state index is -4.21. The van der Waals surface area contributed by atoms with Gasteiger partial charge < -0.3 is 19.7 Å². The van der Waals surface area contributed by atoms with Gasteiger partial charge in [-0.1, -0.05) is 48.9 Å². The van der Waals surface area contributed by atoms with E-state index in [4.69, 9.17) is 9.47 Å². The van der Waals surface area contributed by atoms with Gasteiger partial charge in [0.05, 0.1) is 24.8 Å². The van der Waals surface area contributed by atoms with Crippen molar-refractivity contribution in [1.82, 2.24) is 10.2 Å². The van der Waals surface area contributed by atoms with Gasteiger partial charge in [-0.15, -0.1) is 0 Å². The number of carbonyl (C=O) groups excluding carboxylic acids is 2. The fourth-order valence-corrected chi connectivity index (χ4v) is 5.95. The van der Waals surface area contributed by atoms with Crippen LogP contribution in [0.25, 0.3) is 0 Å². The third-order valence-electron chi connectivity index (χ3n) is 6.61. The molecule has 1 N–H and O–H groups in total. The molecule has 42 heavy (non-hydrogen) atoms. The van der Waals surface area contributed by atoms with Crippen LogP contribution in [0.15, 0.2) is 77.7 Å². The molecule has 0 aromatic heterocycles. The summed E-state index contributed by atoms with van der Waals surface area (Å²) in [5, 5.41) is 2.97. The topological polar surface area (TPSA) is 105 Å². The van der Waals surface area contributed by atoms with E-state index in [0.29, 0.717) is 12.2 Å². The molecule has 0 saturated carbocycles. The number of aryl methyl sites for hydroxylation is 1. The molecule has 0 spiro atoms. The fourth-order valence-electron chi connectivity index (χ4n) is 4.53. The first kappa shape index (κ1) is 32.5. The number of carbonyl (C=O) groups is 2. The minimum Gasteiger partial charge on any atom is -0.497 e. The van der Waals surface area contributed by atoms with Crippen LogP contribution in [0.1, 0.15) is 45.2 Å². The smallest absolute Gasteiger partial charge is 0.264 e. The number of nitrogens with one attached hydrogen (secondary N) is 1. The predicted molar refractivity (Wildman–Crippen MR) is 164 cm³/mol. The Morgan fingerprint density at radius 2 is 1.60 bits per heavy atom. The van der Waals surface area contributed by atoms with Gasteiger partial charge in [-0.25, -0.2) is 8.42 Å². The summed E-state index contributed by atoms with van der Waals surface area (Å²) in [6.45, 7) is 8.79. The molecular formula is C32H41N3O6S. The zero-order valence-corrected chi connectivity index (χ0v) is 26.2. The number of ether oxygens (including phenoxy) is 2. The lowest BCUT2D eigenvalue weighted by Gasteiger charge is -2.35. The molecule has 0 unspecified atom stereocenters. The fraction of sp³-hybridized carbons (Fsp3) is 0.375. The van der Waals surface area contributed by atoms with E-state index >= 15 is 0 Å². The van der Waals surface area contributed by atoms with Crippen LogP contribution >= 0.6 is 0 Å². The van der Waals surface area contributed by atoms with Crippen molar-refractivity contribution in [2.45, 2.75) is 64.1 Å². The normalized spacial score (nSPS) is 12.3. The average molecular weight is 596 g/mol. The van der Waals surface area contributed by atoms with E-state index in [0.717, 1.165) is 15.4 Å². The first-order valence-corrected chi connectivity index (χ1v) is 15.2. The molecule has 0 radical (unpaired) electrons. The van der Waals surface area contributed by atoms with Gasteiger partial charge in [-0.2, -0.15) is 0 Å². The number of sulfonamides is 1. The average Bonchev–Trinajstić information content (AvgIpc) is 2.95. The molecule has 9 nitrogen and oxygen atoms in total. The van der Waals surface area contributed by atoms with Crippen LogP contribution in [-0.2, 0) is 26.2 Å². The Morgan fingerprint density at radius 1 is 0.929 bits per heavy atom. The quantitative estimate of drug-likeness (QED) is 0.318. The number of benzene rings is 3. The molecule has 3 rings (SSSR count). The molecule has 10 heteroatoms. The van der Waals surface area contributed by atoms with E-state index in [1.54, 1.807) is 61.7 Å². The van der Waals surface area contributed by atoms with Gasteiger partial charge in [-0.05, 0) is 76.1 Å². The van der Waals surface area contributed by atoms with Crippen LogP contribution in [0.2, 0.25) is 0 Å². The summed E-state index contributed by atoms with van der Waals surface area (Å²) in [5.41, 5.74) is 1.30. The van der Waals surface area contributed by atoms with Gasteiger partial charge in [0.15, 0.2) is 0 Å². The molecule has 0 fully saturated rings. The maximum atomic E-state index is 14.3. The summed E-state index contributed by atoms with van der Waals surface area (Å²) < 4.78 is 40.1. The van der Waals surface area contributed by atoms with Gasteiger partial charge in [-0.3, -0.25) is 13.9 Å². The van der Waals surface area contributed by atoms with Crippen molar-refractivity contribution >= 4 is 27.5 Å². The highest BCUT2D eigenvalue weighted by Crippen LogP contribution is 2.33. The molecule has 3 aromatic carbocycles. The lowest BCUT2D eigenvalue weighted by molar-refractivity contribution is -0.141. The number of hydrogen-bond donors (Lipinski definition) is 1. The molecule has 0 bridgehead atoms. The zero-order chi connectivity index (χ0) is 31.1. The van der Waals surface area contributed by atoms with Crippen molar-refractivity contribution < 1.29 is 27.5 Å². The summed E-state index contributed by atoms with van der Waals surface area (Å²) in [4.78, 5) is 29.2. The number of para-hydroxylation sites is 2.